The first-order valence-corrected chi connectivity index (χ1v) is 9.35. The van der Waals surface area contributed by atoms with E-state index >= 15 is 0 Å². The van der Waals surface area contributed by atoms with Gasteiger partial charge in [-0.1, -0.05) is 19.8 Å². The molecule has 4 nitrogen and oxygen atoms in total. The highest BCUT2D eigenvalue weighted by molar-refractivity contribution is 7.11. The first-order chi connectivity index (χ1) is 10.6. The molecule has 0 saturated heterocycles. The van der Waals surface area contributed by atoms with Crippen LogP contribution in [0.4, 0.5) is 0 Å². The van der Waals surface area contributed by atoms with Crippen molar-refractivity contribution in [1.29, 1.82) is 0 Å². The summed E-state index contributed by atoms with van der Waals surface area (Å²) in [4.78, 5) is 10.5. The molecular formula is C17H30N4S. The Balaban J connectivity index is 1.88. The summed E-state index contributed by atoms with van der Waals surface area (Å²) in [5.41, 5.74) is 1.11. The molecule has 2 rings (SSSR count). The van der Waals surface area contributed by atoms with Crippen molar-refractivity contribution in [3.63, 3.8) is 0 Å². The highest BCUT2D eigenvalue weighted by Gasteiger charge is 2.18. The van der Waals surface area contributed by atoms with Gasteiger partial charge < -0.3 is 10.6 Å². The van der Waals surface area contributed by atoms with Crippen LogP contribution in [0.5, 0.6) is 0 Å². The largest absolute Gasteiger partial charge is 0.357 e. The van der Waals surface area contributed by atoms with Crippen molar-refractivity contribution in [3.8, 4) is 0 Å². The van der Waals surface area contributed by atoms with Gasteiger partial charge in [-0.05, 0) is 45.4 Å². The third-order valence-corrected chi connectivity index (χ3v) is 5.39. The van der Waals surface area contributed by atoms with Crippen molar-refractivity contribution in [3.05, 3.63) is 15.6 Å². The van der Waals surface area contributed by atoms with E-state index in [1.54, 1.807) is 11.3 Å². The SMILES string of the molecule is CCNC(=NCc1sc(C)nc1C)NCC1CCCC(C)C1. The monoisotopic (exact) mass is 322 g/mol. The Morgan fingerprint density at radius 3 is 2.77 bits per heavy atom. The number of nitrogens with one attached hydrogen (secondary N) is 2. The molecule has 1 saturated carbocycles. The van der Waals surface area contributed by atoms with E-state index in [-0.39, 0.29) is 0 Å². The van der Waals surface area contributed by atoms with Crippen LogP contribution in [0, 0.1) is 25.7 Å². The zero-order chi connectivity index (χ0) is 15.9. The minimum atomic E-state index is 0.716. The summed E-state index contributed by atoms with van der Waals surface area (Å²) in [7, 11) is 0. The van der Waals surface area contributed by atoms with Gasteiger partial charge in [-0.3, -0.25) is 0 Å². The van der Waals surface area contributed by atoms with Crippen LogP contribution >= 0.6 is 11.3 Å². The van der Waals surface area contributed by atoms with Gasteiger partial charge in [0.25, 0.3) is 0 Å². The smallest absolute Gasteiger partial charge is 0.191 e. The molecule has 2 unspecified atom stereocenters. The number of aryl methyl sites for hydroxylation is 2. The van der Waals surface area contributed by atoms with Gasteiger partial charge in [-0.15, -0.1) is 11.3 Å². The van der Waals surface area contributed by atoms with E-state index in [4.69, 9.17) is 4.99 Å². The molecule has 0 radical (unpaired) electrons. The van der Waals surface area contributed by atoms with E-state index in [2.05, 4.69) is 43.3 Å². The van der Waals surface area contributed by atoms with Crippen molar-refractivity contribution in [2.24, 2.45) is 16.8 Å². The maximum atomic E-state index is 4.73. The van der Waals surface area contributed by atoms with Crippen LogP contribution in [0.15, 0.2) is 4.99 Å². The van der Waals surface area contributed by atoms with E-state index in [9.17, 15) is 0 Å². The topological polar surface area (TPSA) is 49.3 Å². The lowest BCUT2D eigenvalue weighted by Crippen LogP contribution is -2.40. The Kier molecular flexibility index (Phi) is 6.68. The fourth-order valence-electron chi connectivity index (χ4n) is 3.20. The van der Waals surface area contributed by atoms with Crippen LogP contribution in [-0.2, 0) is 6.54 Å². The third-order valence-electron chi connectivity index (χ3n) is 4.33. The minimum Gasteiger partial charge on any atom is -0.357 e. The van der Waals surface area contributed by atoms with Crippen LogP contribution in [0.25, 0.3) is 0 Å². The normalized spacial score (nSPS) is 22.6. The predicted octanol–water partition coefficient (Wildman–Crippen LogP) is 3.64. The van der Waals surface area contributed by atoms with E-state index in [1.807, 2.05) is 0 Å². The number of thiazole rings is 1. The number of aliphatic imine (C=N–C) groups is 1. The molecule has 1 aromatic rings. The lowest BCUT2D eigenvalue weighted by Gasteiger charge is -2.27. The molecule has 22 heavy (non-hydrogen) atoms. The number of guanidine groups is 1. The molecule has 1 aliphatic carbocycles. The van der Waals surface area contributed by atoms with Gasteiger partial charge in [-0.2, -0.15) is 0 Å². The van der Waals surface area contributed by atoms with E-state index in [1.165, 1.54) is 30.6 Å². The van der Waals surface area contributed by atoms with Gasteiger partial charge in [-0.25, -0.2) is 9.98 Å². The Labute approximate surface area is 138 Å². The quantitative estimate of drug-likeness (QED) is 0.643. The standard InChI is InChI=1S/C17H30N4S/c1-5-18-17(19-10-15-8-6-7-12(2)9-15)20-11-16-13(3)21-14(4)22-16/h12,15H,5-11H2,1-4H3,(H2,18,19,20). The average Bonchev–Trinajstić information content (AvgIpc) is 2.80. The lowest BCUT2D eigenvalue weighted by atomic mass is 9.82. The molecule has 1 aromatic heterocycles. The van der Waals surface area contributed by atoms with Gasteiger partial charge in [0.15, 0.2) is 5.96 Å². The highest BCUT2D eigenvalue weighted by atomic mass is 32.1. The van der Waals surface area contributed by atoms with Gasteiger partial charge in [0.05, 0.1) is 17.2 Å². The molecule has 1 fully saturated rings. The zero-order valence-corrected chi connectivity index (χ0v) is 15.2. The second-order valence-electron chi connectivity index (χ2n) is 6.46. The van der Waals surface area contributed by atoms with E-state index < -0.39 is 0 Å². The van der Waals surface area contributed by atoms with Gasteiger partial charge in [0.2, 0.25) is 0 Å². The Morgan fingerprint density at radius 2 is 2.14 bits per heavy atom. The minimum absolute atomic E-state index is 0.716. The molecule has 2 N–H and O–H groups in total. The molecule has 0 amide bonds. The van der Waals surface area contributed by atoms with E-state index in [0.717, 1.165) is 41.6 Å². The summed E-state index contributed by atoms with van der Waals surface area (Å²) in [6.07, 6.45) is 5.47. The second kappa shape index (κ2) is 8.51. The summed E-state index contributed by atoms with van der Waals surface area (Å²) >= 11 is 1.75. The van der Waals surface area contributed by atoms with Crippen molar-refractivity contribution < 1.29 is 0 Å². The van der Waals surface area contributed by atoms with Crippen LogP contribution < -0.4 is 10.6 Å². The number of nitrogens with zero attached hydrogens (tertiary/aromatic N) is 2. The summed E-state index contributed by atoms with van der Waals surface area (Å²) < 4.78 is 0. The van der Waals surface area contributed by atoms with Gasteiger partial charge >= 0.3 is 0 Å². The third kappa shape index (κ3) is 5.27. The zero-order valence-electron chi connectivity index (χ0n) is 14.4. The van der Waals surface area contributed by atoms with Crippen LogP contribution in [0.3, 0.4) is 0 Å². The summed E-state index contributed by atoms with van der Waals surface area (Å²) in [6.45, 7) is 11.3. The van der Waals surface area contributed by atoms with Crippen molar-refractivity contribution in [2.45, 2.75) is 59.9 Å². The van der Waals surface area contributed by atoms with Crippen molar-refractivity contribution in [2.75, 3.05) is 13.1 Å². The van der Waals surface area contributed by atoms with Gasteiger partial charge in [0, 0.05) is 18.0 Å². The van der Waals surface area contributed by atoms with Crippen molar-refractivity contribution in [1.82, 2.24) is 15.6 Å². The molecule has 0 aliphatic heterocycles. The number of hydrogen-bond acceptors (Lipinski definition) is 3. The highest BCUT2D eigenvalue weighted by Crippen LogP contribution is 2.27. The molecule has 0 spiro atoms. The Bertz CT molecular complexity index is 495. The fraction of sp³-hybridized carbons (Fsp3) is 0.765. The molecule has 1 aliphatic rings. The number of aromatic nitrogens is 1. The summed E-state index contributed by atoms with van der Waals surface area (Å²) in [6, 6.07) is 0. The second-order valence-corrected chi connectivity index (χ2v) is 7.74. The lowest BCUT2D eigenvalue weighted by molar-refractivity contribution is 0.282. The molecular weight excluding hydrogens is 292 g/mol. The Morgan fingerprint density at radius 1 is 1.32 bits per heavy atom. The van der Waals surface area contributed by atoms with Crippen LogP contribution in [0.1, 0.15) is 55.1 Å². The first-order valence-electron chi connectivity index (χ1n) is 8.53. The number of hydrogen-bond donors (Lipinski definition) is 2. The number of rotatable bonds is 5. The van der Waals surface area contributed by atoms with E-state index in [0.29, 0.717) is 6.54 Å². The molecule has 0 bridgehead atoms. The molecule has 5 heteroatoms. The van der Waals surface area contributed by atoms with Crippen molar-refractivity contribution >= 4 is 17.3 Å². The van der Waals surface area contributed by atoms with Crippen LogP contribution in [0.2, 0.25) is 0 Å². The first kappa shape index (κ1) is 17.3. The maximum absolute atomic E-state index is 4.73. The van der Waals surface area contributed by atoms with Crippen LogP contribution in [-0.4, -0.2) is 24.0 Å². The Hall–Kier alpha value is -1.10. The summed E-state index contributed by atoms with van der Waals surface area (Å²) in [5.74, 6) is 2.61. The molecule has 1 heterocycles. The molecule has 124 valence electrons. The summed E-state index contributed by atoms with van der Waals surface area (Å²) in [5, 5.41) is 8.01. The van der Waals surface area contributed by atoms with Gasteiger partial charge in [0.1, 0.15) is 0 Å². The predicted molar refractivity (Wildman–Crippen MR) is 95.5 cm³/mol. The fourth-order valence-corrected chi connectivity index (χ4v) is 4.06. The average molecular weight is 323 g/mol. The molecule has 2 atom stereocenters. The molecule has 0 aromatic carbocycles. The maximum Gasteiger partial charge on any atom is 0.191 e.